The fraction of sp³-hybridized carbons (Fsp3) is 0.938. The molecular weight excluding hydrogens is 284 g/mol. The minimum atomic E-state index is -0.452. The van der Waals surface area contributed by atoms with Crippen molar-refractivity contribution >= 4 is 6.09 Å². The number of morpholine rings is 1. The van der Waals surface area contributed by atoms with Gasteiger partial charge in [0.05, 0.1) is 19.7 Å². The van der Waals surface area contributed by atoms with E-state index >= 15 is 0 Å². The van der Waals surface area contributed by atoms with Crippen LogP contribution < -0.4 is 5.32 Å². The molecule has 3 saturated heterocycles. The zero-order valence-corrected chi connectivity index (χ0v) is 13.9. The average molecular weight is 312 g/mol. The second kappa shape index (κ2) is 5.98. The molecule has 3 aliphatic rings. The first-order valence-corrected chi connectivity index (χ1v) is 8.31. The minimum Gasteiger partial charge on any atom is -0.444 e. The van der Waals surface area contributed by atoms with Crippen LogP contribution >= 0.6 is 0 Å². The summed E-state index contributed by atoms with van der Waals surface area (Å²) in [5.74, 6) is 0.603. The maximum Gasteiger partial charge on any atom is 0.410 e. The molecule has 0 saturated carbocycles. The highest BCUT2D eigenvalue weighted by Crippen LogP contribution is 2.35. The average Bonchev–Trinajstić information content (AvgIpc) is 2.87. The summed E-state index contributed by atoms with van der Waals surface area (Å²) < 4.78 is 17.0. The quantitative estimate of drug-likeness (QED) is 0.835. The molecule has 22 heavy (non-hydrogen) atoms. The Kier molecular flexibility index (Phi) is 4.36. The number of carbonyl (C=O) groups is 1. The van der Waals surface area contributed by atoms with Gasteiger partial charge in [0.25, 0.3) is 0 Å². The van der Waals surface area contributed by atoms with Crippen molar-refractivity contribution in [3.8, 4) is 0 Å². The molecule has 3 rings (SSSR count). The van der Waals surface area contributed by atoms with Gasteiger partial charge in [-0.1, -0.05) is 0 Å². The number of hydrogen-bond donors (Lipinski definition) is 1. The van der Waals surface area contributed by atoms with Gasteiger partial charge in [0.15, 0.2) is 0 Å². The maximum atomic E-state index is 12.1. The highest BCUT2D eigenvalue weighted by molar-refractivity contribution is 5.69. The Hall–Kier alpha value is -0.850. The second-order valence-corrected chi connectivity index (χ2v) is 7.72. The third-order valence-corrected chi connectivity index (χ3v) is 4.68. The van der Waals surface area contributed by atoms with Crippen LogP contribution in [-0.2, 0) is 14.2 Å². The lowest BCUT2D eigenvalue weighted by molar-refractivity contribution is -0.177. The van der Waals surface area contributed by atoms with Crippen LogP contribution in [0, 0.1) is 5.92 Å². The number of likely N-dealkylation sites (tertiary alicyclic amines) is 1. The molecule has 1 spiro atoms. The molecule has 0 aliphatic carbocycles. The molecule has 3 heterocycles. The SMILES string of the molecule is CC(C)(C)OC(=O)N1CC2(C1)OCCNC2CC1CCOC1. The molecule has 0 aromatic rings. The van der Waals surface area contributed by atoms with Crippen LogP contribution in [-0.4, -0.2) is 67.7 Å². The van der Waals surface area contributed by atoms with Gasteiger partial charge < -0.3 is 24.4 Å². The number of carbonyl (C=O) groups excluding carboxylic acids is 1. The van der Waals surface area contributed by atoms with Crippen LogP contribution in [0.25, 0.3) is 0 Å². The lowest BCUT2D eigenvalue weighted by atomic mass is 9.80. The van der Waals surface area contributed by atoms with E-state index in [2.05, 4.69) is 5.32 Å². The lowest BCUT2D eigenvalue weighted by Gasteiger charge is -2.55. The monoisotopic (exact) mass is 312 g/mol. The summed E-state index contributed by atoms with van der Waals surface area (Å²) in [7, 11) is 0. The number of hydrogen-bond acceptors (Lipinski definition) is 5. The molecule has 0 bridgehead atoms. The first-order valence-electron chi connectivity index (χ1n) is 8.31. The predicted octanol–water partition coefficient (Wildman–Crippen LogP) is 1.39. The summed E-state index contributed by atoms with van der Waals surface area (Å²) in [6.07, 6.45) is 1.95. The first-order chi connectivity index (χ1) is 10.4. The van der Waals surface area contributed by atoms with E-state index in [1.807, 2.05) is 20.8 Å². The van der Waals surface area contributed by atoms with Crippen molar-refractivity contribution in [2.75, 3.05) is 39.5 Å². The van der Waals surface area contributed by atoms with Crippen molar-refractivity contribution in [2.45, 2.75) is 50.9 Å². The minimum absolute atomic E-state index is 0.238. The molecule has 1 N–H and O–H groups in total. The van der Waals surface area contributed by atoms with Gasteiger partial charge in [-0.15, -0.1) is 0 Å². The van der Waals surface area contributed by atoms with E-state index in [9.17, 15) is 4.79 Å². The summed E-state index contributed by atoms with van der Waals surface area (Å²) in [5.41, 5.74) is -0.691. The molecule has 3 aliphatic heterocycles. The summed E-state index contributed by atoms with van der Waals surface area (Å²) in [6, 6.07) is 0.298. The molecular formula is C16H28N2O4. The van der Waals surface area contributed by atoms with Crippen LogP contribution in [0.15, 0.2) is 0 Å². The Morgan fingerprint density at radius 2 is 2.14 bits per heavy atom. The Morgan fingerprint density at radius 1 is 1.36 bits per heavy atom. The second-order valence-electron chi connectivity index (χ2n) is 7.72. The molecule has 0 radical (unpaired) electrons. The van der Waals surface area contributed by atoms with E-state index in [4.69, 9.17) is 14.2 Å². The Bertz CT molecular complexity index is 409. The first kappa shape index (κ1) is 16.0. The topological polar surface area (TPSA) is 60.0 Å². The highest BCUT2D eigenvalue weighted by Gasteiger charge is 2.54. The molecule has 0 aromatic heterocycles. The van der Waals surface area contributed by atoms with Gasteiger partial charge >= 0.3 is 6.09 Å². The van der Waals surface area contributed by atoms with Gasteiger partial charge in [0.2, 0.25) is 0 Å². The van der Waals surface area contributed by atoms with Crippen molar-refractivity contribution in [2.24, 2.45) is 5.92 Å². The number of amides is 1. The van der Waals surface area contributed by atoms with Gasteiger partial charge in [0.1, 0.15) is 11.2 Å². The third-order valence-electron chi connectivity index (χ3n) is 4.68. The number of rotatable bonds is 2. The number of ether oxygens (including phenoxy) is 3. The summed E-state index contributed by atoms with van der Waals surface area (Å²) >= 11 is 0. The van der Waals surface area contributed by atoms with Gasteiger partial charge in [-0.05, 0) is 39.5 Å². The molecule has 126 valence electrons. The standard InChI is InChI=1S/C16H28N2O4/c1-15(2,3)22-14(19)18-10-16(11-18)13(17-5-7-21-16)8-12-4-6-20-9-12/h12-13,17H,4-11H2,1-3H3. The van der Waals surface area contributed by atoms with E-state index in [1.165, 1.54) is 0 Å². The number of nitrogens with one attached hydrogen (secondary N) is 1. The fourth-order valence-electron chi connectivity index (χ4n) is 3.54. The van der Waals surface area contributed by atoms with Crippen LogP contribution in [0.2, 0.25) is 0 Å². The Labute approximate surface area is 132 Å². The van der Waals surface area contributed by atoms with Crippen molar-refractivity contribution in [3.63, 3.8) is 0 Å². The molecule has 3 fully saturated rings. The van der Waals surface area contributed by atoms with Crippen molar-refractivity contribution in [1.29, 1.82) is 0 Å². The molecule has 6 nitrogen and oxygen atoms in total. The molecule has 2 unspecified atom stereocenters. The van der Waals surface area contributed by atoms with Crippen molar-refractivity contribution < 1.29 is 19.0 Å². The van der Waals surface area contributed by atoms with Gasteiger partial charge in [-0.3, -0.25) is 0 Å². The van der Waals surface area contributed by atoms with Crippen LogP contribution in [0.5, 0.6) is 0 Å². The largest absolute Gasteiger partial charge is 0.444 e. The van der Waals surface area contributed by atoms with Crippen LogP contribution in [0.4, 0.5) is 4.79 Å². The van der Waals surface area contributed by atoms with E-state index in [1.54, 1.807) is 4.90 Å². The molecule has 2 atom stereocenters. The third kappa shape index (κ3) is 3.39. The van der Waals surface area contributed by atoms with Crippen molar-refractivity contribution in [1.82, 2.24) is 10.2 Å². The van der Waals surface area contributed by atoms with Crippen LogP contribution in [0.1, 0.15) is 33.6 Å². The van der Waals surface area contributed by atoms with Crippen molar-refractivity contribution in [3.05, 3.63) is 0 Å². The summed E-state index contributed by atoms with van der Waals surface area (Å²) in [6.45, 7) is 10.2. The smallest absolute Gasteiger partial charge is 0.410 e. The fourth-order valence-corrected chi connectivity index (χ4v) is 3.54. The van der Waals surface area contributed by atoms with Gasteiger partial charge in [-0.2, -0.15) is 0 Å². The molecule has 6 heteroatoms. The van der Waals surface area contributed by atoms with E-state index < -0.39 is 5.60 Å². The van der Waals surface area contributed by atoms with Gasteiger partial charge in [0, 0.05) is 25.8 Å². The maximum absolute atomic E-state index is 12.1. The predicted molar refractivity (Wildman–Crippen MR) is 81.8 cm³/mol. The zero-order chi connectivity index (χ0) is 15.8. The molecule has 0 aromatic carbocycles. The number of nitrogens with zero attached hydrogens (tertiary/aromatic N) is 1. The summed E-state index contributed by atoms with van der Waals surface area (Å²) in [5, 5.41) is 3.59. The summed E-state index contributed by atoms with van der Waals surface area (Å²) in [4.78, 5) is 13.9. The zero-order valence-electron chi connectivity index (χ0n) is 13.9. The highest BCUT2D eigenvalue weighted by atomic mass is 16.6. The Morgan fingerprint density at radius 3 is 2.77 bits per heavy atom. The lowest BCUT2D eigenvalue weighted by Crippen LogP contribution is -2.75. The van der Waals surface area contributed by atoms with Gasteiger partial charge in [-0.25, -0.2) is 4.79 Å². The Balaban J connectivity index is 1.56. The van der Waals surface area contributed by atoms with Crippen LogP contribution in [0.3, 0.4) is 0 Å². The van der Waals surface area contributed by atoms with E-state index in [0.29, 0.717) is 31.7 Å². The molecule has 1 amide bonds. The van der Waals surface area contributed by atoms with E-state index in [-0.39, 0.29) is 11.7 Å². The van der Waals surface area contributed by atoms with E-state index in [0.717, 1.165) is 32.6 Å². The normalized spacial score (nSPS) is 31.1.